The molecule has 0 heterocycles. The van der Waals surface area contributed by atoms with Gasteiger partial charge in [0.05, 0.1) is 16.1 Å². The summed E-state index contributed by atoms with van der Waals surface area (Å²) in [6.45, 7) is 3.15. The molecule has 0 saturated heterocycles. The van der Waals surface area contributed by atoms with Crippen molar-refractivity contribution >= 4 is 41.5 Å². The first-order valence-electron chi connectivity index (χ1n) is 4.91. The first kappa shape index (κ1) is 16.7. The van der Waals surface area contributed by atoms with Crippen LogP contribution in [0.25, 0.3) is 0 Å². The van der Waals surface area contributed by atoms with Gasteiger partial charge in [0.2, 0.25) is 11.8 Å². The number of rotatable bonds is 3. The van der Waals surface area contributed by atoms with Crippen molar-refractivity contribution in [1.82, 2.24) is 0 Å². The van der Waals surface area contributed by atoms with Gasteiger partial charge in [-0.2, -0.15) is 0 Å². The number of amides is 2. The molecular formula is C11H15Cl2N3O2. The van der Waals surface area contributed by atoms with E-state index in [0.29, 0.717) is 5.69 Å². The number of hydrogen-bond donors (Lipinski definition) is 3. The number of anilines is 1. The average Bonchev–Trinajstić information content (AvgIpc) is 2.19. The van der Waals surface area contributed by atoms with Crippen molar-refractivity contribution in [2.45, 2.75) is 19.4 Å². The molecule has 1 aromatic carbocycles. The zero-order chi connectivity index (χ0) is 13.2. The van der Waals surface area contributed by atoms with Crippen molar-refractivity contribution in [3.05, 3.63) is 28.8 Å². The van der Waals surface area contributed by atoms with Crippen LogP contribution < -0.4 is 16.8 Å². The van der Waals surface area contributed by atoms with Gasteiger partial charge in [-0.15, -0.1) is 12.4 Å². The molecule has 0 aromatic heterocycles. The smallest absolute Gasteiger partial charge is 0.250 e. The Balaban J connectivity index is 0.00000289. The number of benzene rings is 1. The zero-order valence-electron chi connectivity index (χ0n) is 9.99. The molecule has 5 N–H and O–H groups in total. The highest BCUT2D eigenvalue weighted by Crippen LogP contribution is 2.20. The van der Waals surface area contributed by atoms with Gasteiger partial charge in [0.15, 0.2) is 0 Å². The van der Waals surface area contributed by atoms with Crippen LogP contribution in [0.1, 0.15) is 24.2 Å². The van der Waals surface area contributed by atoms with E-state index in [1.807, 2.05) is 0 Å². The number of nitrogens with one attached hydrogen (secondary N) is 1. The van der Waals surface area contributed by atoms with Crippen molar-refractivity contribution in [2.75, 3.05) is 5.32 Å². The molecule has 1 aromatic rings. The molecule has 100 valence electrons. The van der Waals surface area contributed by atoms with Crippen LogP contribution in [0.15, 0.2) is 18.2 Å². The van der Waals surface area contributed by atoms with Crippen LogP contribution in [0.4, 0.5) is 5.69 Å². The molecule has 0 saturated carbocycles. The lowest BCUT2D eigenvalue weighted by atomic mass is 10.1. The second-order valence-corrected chi connectivity index (χ2v) is 4.64. The van der Waals surface area contributed by atoms with Gasteiger partial charge < -0.3 is 16.8 Å². The third kappa shape index (κ3) is 4.18. The summed E-state index contributed by atoms with van der Waals surface area (Å²) in [6.07, 6.45) is 0. The van der Waals surface area contributed by atoms with E-state index < -0.39 is 11.4 Å². The maximum absolute atomic E-state index is 11.6. The van der Waals surface area contributed by atoms with E-state index in [0.717, 1.165) is 0 Å². The van der Waals surface area contributed by atoms with E-state index in [2.05, 4.69) is 5.32 Å². The lowest BCUT2D eigenvalue weighted by Crippen LogP contribution is -2.45. The molecule has 0 bridgehead atoms. The normalized spacial score (nSPS) is 10.4. The highest BCUT2D eigenvalue weighted by molar-refractivity contribution is 6.34. The molecule has 2 amide bonds. The molecule has 5 nitrogen and oxygen atoms in total. The van der Waals surface area contributed by atoms with Crippen molar-refractivity contribution in [1.29, 1.82) is 0 Å². The zero-order valence-corrected chi connectivity index (χ0v) is 11.6. The van der Waals surface area contributed by atoms with Gasteiger partial charge in [-0.05, 0) is 32.0 Å². The monoisotopic (exact) mass is 291 g/mol. The van der Waals surface area contributed by atoms with Crippen molar-refractivity contribution in [3.63, 3.8) is 0 Å². The Hall–Kier alpha value is -1.30. The fourth-order valence-electron chi connectivity index (χ4n) is 1.08. The second-order valence-electron chi connectivity index (χ2n) is 4.23. The molecule has 0 fully saturated rings. The van der Waals surface area contributed by atoms with Crippen LogP contribution in [0.2, 0.25) is 5.02 Å². The SMILES string of the molecule is CC(C)(N)C(=O)Nc1ccc(Cl)c(C(N)=O)c1.Cl. The molecule has 18 heavy (non-hydrogen) atoms. The highest BCUT2D eigenvalue weighted by atomic mass is 35.5. The van der Waals surface area contributed by atoms with Crippen molar-refractivity contribution in [3.8, 4) is 0 Å². The Morgan fingerprint density at radius 3 is 2.33 bits per heavy atom. The van der Waals surface area contributed by atoms with Gasteiger partial charge in [0.25, 0.3) is 0 Å². The summed E-state index contributed by atoms with van der Waals surface area (Å²) in [5.74, 6) is -1.02. The van der Waals surface area contributed by atoms with Crippen molar-refractivity contribution in [2.24, 2.45) is 11.5 Å². The van der Waals surface area contributed by atoms with Crippen LogP contribution in [0.3, 0.4) is 0 Å². The number of halogens is 2. The fraction of sp³-hybridized carbons (Fsp3) is 0.273. The van der Waals surface area contributed by atoms with Gasteiger partial charge in [-0.25, -0.2) is 0 Å². The predicted molar refractivity (Wildman–Crippen MR) is 74.1 cm³/mol. The van der Waals surface area contributed by atoms with E-state index in [-0.39, 0.29) is 28.9 Å². The third-order valence-corrected chi connectivity index (χ3v) is 2.40. The number of carbonyl (C=O) groups excluding carboxylic acids is 2. The van der Waals surface area contributed by atoms with Gasteiger partial charge in [0, 0.05) is 5.69 Å². The van der Waals surface area contributed by atoms with Crippen LogP contribution in [-0.2, 0) is 4.79 Å². The summed E-state index contributed by atoms with van der Waals surface area (Å²) >= 11 is 5.78. The Labute approximate surface area is 116 Å². The lowest BCUT2D eigenvalue weighted by Gasteiger charge is -2.18. The number of carbonyl (C=O) groups is 2. The minimum atomic E-state index is -1.01. The molecule has 0 spiro atoms. The van der Waals surface area contributed by atoms with E-state index >= 15 is 0 Å². The molecule has 1 rings (SSSR count). The quantitative estimate of drug-likeness (QED) is 0.788. The molecule has 7 heteroatoms. The van der Waals surface area contributed by atoms with Crippen LogP contribution in [-0.4, -0.2) is 17.4 Å². The van der Waals surface area contributed by atoms with Gasteiger partial charge in [-0.3, -0.25) is 9.59 Å². The first-order chi connectivity index (χ1) is 7.71. The Kier molecular flexibility index (Phi) is 5.60. The number of nitrogens with two attached hydrogens (primary N) is 2. The fourth-order valence-corrected chi connectivity index (χ4v) is 1.29. The summed E-state index contributed by atoms with van der Waals surface area (Å²) in [6, 6.07) is 4.47. The number of hydrogen-bond acceptors (Lipinski definition) is 3. The molecule has 0 atom stereocenters. The van der Waals surface area contributed by atoms with E-state index in [9.17, 15) is 9.59 Å². The van der Waals surface area contributed by atoms with Crippen LogP contribution in [0.5, 0.6) is 0 Å². The van der Waals surface area contributed by atoms with Crippen molar-refractivity contribution < 1.29 is 9.59 Å². The molecule has 0 unspecified atom stereocenters. The molecule has 0 aliphatic heterocycles. The summed E-state index contributed by atoms with van der Waals surface area (Å²) in [5.41, 5.74) is 10.3. The van der Waals surface area contributed by atoms with E-state index in [4.69, 9.17) is 23.1 Å². The topological polar surface area (TPSA) is 98.2 Å². The Morgan fingerprint density at radius 2 is 1.89 bits per heavy atom. The summed E-state index contributed by atoms with van der Waals surface area (Å²) in [5, 5.41) is 2.81. The van der Waals surface area contributed by atoms with E-state index in [1.165, 1.54) is 12.1 Å². The summed E-state index contributed by atoms with van der Waals surface area (Å²) in [4.78, 5) is 22.7. The summed E-state index contributed by atoms with van der Waals surface area (Å²) in [7, 11) is 0. The third-order valence-electron chi connectivity index (χ3n) is 2.07. The van der Waals surface area contributed by atoms with Gasteiger partial charge >= 0.3 is 0 Å². The standard InChI is InChI=1S/C11H14ClN3O2.ClH/c1-11(2,14)10(17)15-6-3-4-8(12)7(5-6)9(13)16;/h3-5H,14H2,1-2H3,(H2,13,16)(H,15,17);1H. The minimum Gasteiger partial charge on any atom is -0.366 e. The van der Waals surface area contributed by atoms with Gasteiger partial charge in [-0.1, -0.05) is 11.6 Å². The maximum atomic E-state index is 11.6. The predicted octanol–water partition coefficient (Wildman–Crippen LogP) is 1.54. The minimum absolute atomic E-state index is 0. The Morgan fingerprint density at radius 1 is 1.33 bits per heavy atom. The molecular weight excluding hydrogens is 277 g/mol. The summed E-state index contributed by atoms with van der Waals surface area (Å²) < 4.78 is 0. The first-order valence-corrected chi connectivity index (χ1v) is 5.29. The maximum Gasteiger partial charge on any atom is 0.250 e. The lowest BCUT2D eigenvalue weighted by molar-refractivity contribution is -0.120. The largest absolute Gasteiger partial charge is 0.366 e. The van der Waals surface area contributed by atoms with Crippen LogP contribution >= 0.6 is 24.0 Å². The Bertz CT molecular complexity index is 470. The molecule has 0 aliphatic rings. The van der Waals surface area contributed by atoms with Crippen LogP contribution in [0, 0.1) is 0 Å². The molecule has 0 radical (unpaired) electrons. The highest BCUT2D eigenvalue weighted by Gasteiger charge is 2.22. The molecule has 0 aliphatic carbocycles. The van der Waals surface area contributed by atoms with Gasteiger partial charge in [0.1, 0.15) is 0 Å². The number of primary amides is 1. The average molecular weight is 292 g/mol. The van der Waals surface area contributed by atoms with E-state index in [1.54, 1.807) is 19.9 Å². The second kappa shape index (κ2) is 6.04.